The number of ether oxygens (including phenoxy) is 1. The van der Waals surface area contributed by atoms with Crippen molar-refractivity contribution >= 4 is 29.3 Å². The fourth-order valence-corrected chi connectivity index (χ4v) is 4.31. The maximum Gasteiger partial charge on any atom is 0.233 e. The number of nitrogens with zero attached hydrogens (tertiary/aromatic N) is 4. The van der Waals surface area contributed by atoms with Crippen LogP contribution in [-0.4, -0.2) is 28.7 Å². The van der Waals surface area contributed by atoms with E-state index in [1.807, 2.05) is 42.5 Å². The summed E-state index contributed by atoms with van der Waals surface area (Å²) in [6.45, 7) is 3.05. The second kappa shape index (κ2) is 10.4. The third-order valence-corrected chi connectivity index (χ3v) is 6.35. The minimum atomic E-state index is -0.0215. The van der Waals surface area contributed by atoms with Gasteiger partial charge in [-0.2, -0.15) is 5.26 Å². The molecule has 2 heterocycles. The molecule has 0 saturated heterocycles. The van der Waals surface area contributed by atoms with Crippen LogP contribution in [-0.2, 0) is 24.3 Å². The molecule has 168 valence electrons. The Morgan fingerprint density at radius 3 is 2.73 bits per heavy atom. The van der Waals surface area contributed by atoms with Crippen LogP contribution in [0.3, 0.4) is 0 Å². The normalized spacial score (nSPS) is 12.4. The summed E-state index contributed by atoms with van der Waals surface area (Å²) in [5, 5.41) is 13.3. The van der Waals surface area contributed by atoms with Gasteiger partial charge in [-0.15, -0.1) is 0 Å². The van der Waals surface area contributed by atoms with Gasteiger partial charge in [0.1, 0.15) is 17.4 Å². The van der Waals surface area contributed by atoms with E-state index >= 15 is 0 Å². The molecule has 1 aliphatic rings. The summed E-state index contributed by atoms with van der Waals surface area (Å²) in [7, 11) is 1.65. The van der Waals surface area contributed by atoms with Crippen molar-refractivity contribution in [2.45, 2.75) is 38.0 Å². The van der Waals surface area contributed by atoms with E-state index < -0.39 is 0 Å². The standard InChI is InChI=1S/C25H25N5O2S/c1-3-11-33-25-28-23(27-15-17-7-9-20(32-2)10-8-17)21-13-22(31)30(24(21)29-25)16-19-6-4-5-18(12-19)14-26/h4-10,12H,3,11,13,15-16H2,1-2H3,(H,27,28,29). The third kappa shape index (κ3) is 5.26. The molecule has 0 unspecified atom stereocenters. The summed E-state index contributed by atoms with van der Waals surface area (Å²) in [6, 6.07) is 17.3. The van der Waals surface area contributed by atoms with Crippen LogP contribution in [0.1, 0.15) is 35.6 Å². The van der Waals surface area contributed by atoms with Gasteiger partial charge in [0.05, 0.1) is 31.7 Å². The number of fused-ring (bicyclic) bond motifs is 1. The summed E-state index contributed by atoms with van der Waals surface area (Å²) in [4.78, 5) is 24.1. The first kappa shape index (κ1) is 22.6. The zero-order chi connectivity index (χ0) is 23.2. The summed E-state index contributed by atoms with van der Waals surface area (Å²) in [5.74, 6) is 3.02. The van der Waals surface area contributed by atoms with Crippen LogP contribution in [0, 0.1) is 11.3 Å². The van der Waals surface area contributed by atoms with E-state index in [2.05, 4.69) is 18.3 Å². The summed E-state index contributed by atoms with van der Waals surface area (Å²) in [6.07, 6.45) is 1.25. The molecule has 7 nitrogen and oxygen atoms in total. The van der Waals surface area contributed by atoms with Crippen LogP contribution in [0.5, 0.6) is 5.75 Å². The summed E-state index contributed by atoms with van der Waals surface area (Å²) >= 11 is 1.58. The zero-order valence-electron chi connectivity index (χ0n) is 18.7. The van der Waals surface area contributed by atoms with Crippen LogP contribution in [0.2, 0.25) is 0 Å². The second-order valence-corrected chi connectivity index (χ2v) is 8.74. The molecule has 1 N–H and O–H groups in total. The van der Waals surface area contributed by atoms with Gasteiger partial charge in [0.25, 0.3) is 0 Å². The first-order valence-corrected chi connectivity index (χ1v) is 11.8. The number of hydrogen-bond acceptors (Lipinski definition) is 7. The molecular weight excluding hydrogens is 434 g/mol. The number of nitrogens with one attached hydrogen (secondary N) is 1. The molecule has 0 atom stereocenters. The third-order valence-electron chi connectivity index (χ3n) is 5.30. The van der Waals surface area contributed by atoms with E-state index in [1.165, 1.54) is 0 Å². The van der Waals surface area contributed by atoms with Gasteiger partial charge in [-0.3, -0.25) is 9.69 Å². The number of thioether (sulfide) groups is 1. The van der Waals surface area contributed by atoms with Crippen molar-refractivity contribution in [3.63, 3.8) is 0 Å². The van der Waals surface area contributed by atoms with Crippen molar-refractivity contribution in [2.75, 3.05) is 23.1 Å². The van der Waals surface area contributed by atoms with Crippen LogP contribution < -0.4 is 15.0 Å². The zero-order valence-corrected chi connectivity index (χ0v) is 19.5. The van der Waals surface area contributed by atoms with E-state index in [0.29, 0.717) is 35.4 Å². The van der Waals surface area contributed by atoms with E-state index in [4.69, 9.17) is 14.7 Å². The monoisotopic (exact) mass is 459 g/mol. The number of hydrogen-bond donors (Lipinski definition) is 1. The predicted molar refractivity (Wildman–Crippen MR) is 129 cm³/mol. The van der Waals surface area contributed by atoms with Crippen LogP contribution in [0.25, 0.3) is 0 Å². The number of benzene rings is 2. The Labute approximate surface area is 197 Å². The van der Waals surface area contributed by atoms with Crippen LogP contribution in [0.4, 0.5) is 11.6 Å². The topological polar surface area (TPSA) is 91.1 Å². The minimum Gasteiger partial charge on any atom is -0.497 e. The molecule has 0 spiro atoms. The molecule has 4 rings (SSSR count). The first-order chi connectivity index (χ1) is 16.1. The van der Waals surface area contributed by atoms with Gasteiger partial charge in [0.15, 0.2) is 5.16 Å². The molecule has 1 aliphatic heterocycles. The van der Waals surface area contributed by atoms with E-state index in [1.54, 1.807) is 29.8 Å². The minimum absolute atomic E-state index is 0.0215. The van der Waals surface area contributed by atoms with Crippen molar-refractivity contribution in [3.05, 3.63) is 70.8 Å². The number of anilines is 2. The molecule has 1 amide bonds. The number of carbonyl (C=O) groups excluding carboxylic acids is 1. The quantitative estimate of drug-likeness (QED) is 0.370. The molecule has 0 radical (unpaired) electrons. The molecule has 2 aromatic carbocycles. The largest absolute Gasteiger partial charge is 0.497 e. The Bertz CT molecular complexity index is 1190. The fourth-order valence-electron chi connectivity index (χ4n) is 3.62. The van der Waals surface area contributed by atoms with Gasteiger partial charge < -0.3 is 10.1 Å². The molecule has 0 aliphatic carbocycles. The SMILES string of the molecule is CCCSc1nc(NCc2ccc(OC)cc2)c2c(n1)N(Cc1cccc(C#N)c1)C(=O)C2. The number of rotatable bonds is 9. The molecule has 8 heteroatoms. The molecule has 3 aromatic rings. The number of methoxy groups -OCH3 is 1. The lowest BCUT2D eigenvalue weighted by Crippen LogP contribution is -2.26. The number of aromatic nitrogens is 2. The van der Waals surface area contributed by atoms with Crippen molar-refractivity contribution in [1.29, 1.82) is 5.26 Å². The van der Waals surface area contributed by atoms with E-state index in [0.717, 1.165) is 34.6 Å². The highest BCUT2D eigenvalue weighted by molar-refractivity contribution is 7.99. The van der Waals surface area contributed by atoms with Gasteiger partial charge in [-0.05, 0) is 41.8 Å². The van der Waals surface area contributed by atoms with Crippen LogP contribution >= 0.6 is 11.8 Å². The average Bonchev–Trinajstić information content (AvgIpc) is 3.16. The lowest BCUT2D eigenvalue weighted by molar-refractivity contribution is -0.117. The highest BCUT2D eigenvalue weighted by atomic mass is 32.2. The van der Waals surface area contributed by atoms with Gasteiger partial charge in [0.2, 0.25) is 5.91 Å². The Balaban J connectivity index is 1.62. The summed E-state index contributed by atoms with van der Waals surface area (Å²) in [5.41, 5.74) is 3.36. The number of nitriles is 1. The molecular formula is C25H25N5O2S. The Morgan fingerprint density at radius 1 is 1.18 bits per heavy atom. The van der Waals surface area contributed by atoms with Gasteiger partial charge in [-0.1, -0.05) is 43.0 Å². The van der Waals surface area contributed by atoms with Crippen molar-refractivity contribution < 1.29 is 9.53 Å². The van der Waals surface area contributed by atoms with Crippen LogP contribution in [0.15, 0.2) is 53.7 Å². The average molecular weight is 460 g/mol. The maximum absolute atomic E-state index is 13.0. The Kier molecular flexibility index (Phi) is 7.10. The Morgan fingerprint density at radius 2 is 2.00 bits per heavy atom. The van der Waals surface area contributed by atoms with Crippen molar-refractivity contribution in [3.8, 4) is 11.8 Å². The first-order valence-electron chi connectivity index (χ1n) is 10.8. The number of amides is 1. The predicted octanol–water partition coefficient (Wildman–Crippen LogP) is 4.56. The molecule has 1 aromatic heterocycles. The van der Waals surface area contributed by atoms with Gasteiger partial charge >= 0.3 is 0 Å². The molecule has 0 saturated carbocycles. The van der Waals surface area contributed by atoms with Crippen molar-refractivity contribution in [1.82, 2.24) is 9.97 Å². The number of carbonyl (C=O) groups is 1. The summed E-state index contributed by atoms with van der Waals surface area (Å²) < 4.78 is 5.23. The van der Waals surface area contributed by atoms with Gasteiger partial charge in [-0.25, -0.2) is 9.97 Å². The highest BCUT2D eigenvalue weighted by Crippen LogP contribution is 2.35. The molecule has 0 bridgehead atoms. The maximum atomic E-state index is 13.0. The molecule has 0 fully saturated rings. The van der Waals surface area contributed by atoms with E-state index in [-0.39, 0.29) is 12.3 Å². The lowest BCUT2D eigenvalue weighted by Gasteiger charge is -2.18. The smallest absolute Gasteiger partial charge is 0.233 e. The highest BCUT2D eigenvalue weighted by Gasteiger charge is 2.32. The second-order valence-electron chi connectivity index (χ2n) is 7.68. The van der Waals surface area contributed by atoms with E-state index in [9.17, 15) is 10.1 Å². The lowest BCUT2D eigenvalue weighted by atomic mass is 10.1. The molecule has 33 heavy (non-hydrogen) atoms. The van der Waals surface area contributed by atoms with Crippen molar-refractivity contribution in [2.24, 2.45) is 0 Å². The van der Waals surface area contributed by atoms with Gasteiger partial charge in [0, 0.05) is 17.9 Å². The Hall–Kier alpha value is -3.57. The fraction of sp³-hybridized carbons (Fsp3) is 0.280.